The minimum Gasteiger partial charge on any atom is -0.338 e. The largest absolute Gasteiger partial charge is 0.338 e. The summed E-state index contributed by atoms with van der Waals surface area (Å²) in [6.07, 6.45) is 0.425. The highest BCUT2D eigenvalue weighted by Gasteiger charge is 2.33. The first kappa shape index (κ1) is 14.5. The van der Waals surface area contributed by atoms with Gasteiger partial charge in [-0.2, -0.15) is 0 Å². The molecule has 19 heavy (non-hydrogen) atoms. The molecule has 1 unspecified atom stereocenters. The molecular formula is C10H11Cl2N3O3S. The molecule has 1 atom stereocenters. The summed E-state index contributed by atoms with van der Waals surface area (Å²) in [6.45, 7) is 0. The molecule has 6 nitrogen and oxygen atoms in total. The maximum Gasteiger partial charge on any atom is 0.257 e. The number of nitrogens with zero attached hydrogens (tertiary/aromatic N) is 3. The van der Waals surface area contributed by atoms with Gasteiger partial charge in [-0.3, -0.25) is 4.79 Å². The van der Waals surface area contributed by atoms with Crippen molar-refractivity contribution in [1.82, 2.24) is 15.1 Å². The van der Waals surface area contributed by atoms with E-state index in [1.54, 1.807) is 7.05 Å². The van der Waals surface area contributed by atoms with E-state index < -0.39 is 15.7 Å². The molecule has 0 radical (unpaired) electrons. The molecule has 1 aromatic heterocycles. The molecule has 0 bridgehead atoms. The zero-order chi connectivity index (χ0) is 14.2. The van der Waals surface area contributed by atoms with Crippen LogP contribution in [0.2, 0.25) is 10.3 Å². The summed E-state index contributed by atoms with van der Waals surface area (Å²) in [5.74, 6) is -0.346. The van der Waals surface area contributed by atoms with Crippen molar-refractivity contribution >= 4 is 38.9 Å². The minimum atomic E-state index is -3.06. The highest BCUT2D eigenvalue weighted by atomic mass is 35.5. The molecule has 1 saturated heterocycles. The Balaban J connectivity index is 2.22. The second-order valence-corrected chi connectivity index (χ2v) is 7.32. The third kappa shape index (κ3) is 3.16. The molecule has 1 amide bonds. The summed E-state index contributed by atoms with van der Waals surface area (Å²) in [5, 5.41) is 7.08. The van der Waals surface area contributed by atoms with E-state index in [9.17, 15) is 13.2 Å². The van der Waals surface area contributed by atoms with Gasteiger partial charge in [0.05, 0.1) is 17.1 Å². The average Bonchev–Trinajstić information content (AvgIpc) is 2.71. The Morgan fingerprint density at radius 2 is 2.11 bits per heavy atom. The molecule has 0 aliphatic carbocycles. The zero-order valence-electron chi connectivity index (χ0n) is 10.0. The van der Waals surface area contributed by atoms with Crippen LogP contribution in [0.1, 0.15) is 16.8 Å². The number of carbonyl (C=O) groups is 1. The van der Waals surface area contributed by atoms with E-state index in [0.29, 0.717) is 6.42 Å². The minimum absolute atomic E-state index is 0.0287. The van der Waals surface area contributed by atoms with Crippen molar-refractivity contribution in [2.75, 3.05) is 18.6 Å². The first-order chi connectivity index (χ1) is 8.80. The maximum absolute atomic E-state index is 12.2. The van der Waals surface area contributed by atoms with Crippen molar-refractivity contribution in [3.8, 4) is 0 Å². The number of rotatable bonds is 2. The lowest BCUT2D eigenvalue weighted by molar-refractivity contribution is 0.0747. The highest BCUT2D eigenvalue weighted by Crippen LogP contribution is 2.22. The molecule has 9 heteroatoms. The molecule has 2 heterocycles. The number of amides is 1. The molecular weight excluding hydrogens is 313 g/mol. The van der Waals surface area contributed by atoms with Crippen LogP contribution in [-0.4, -0.2) is 54.0 Å². The van der Waals surface area contributed by atoms with Crippen LogP contribution in [0, 0.1) is 0 Å². The predicted molar refractivity (Wildman–Crippen MR) is 71.2 cm³/mol. The molecule has 0 aromatic carbocycles. The van der Waals surface area contributed by atoms with Gasteiger partial charge in [0.2, 0.25) is 0 Å². The van der Waals surface area contributed by atoms with Gasteiger partial charge in [0.1, 0.15) is 0 Å². The summed E-state index contributed by atoms with van der Waals surface area (Å²) < 4.78 is 22.8. The SMILES string of the molecule is CN(C(=O)c1cc(Cl)nnc1Cl)C1CCS(=O)(=O)C1. The smallest absolute Gasteiger partial charge is 0.257 e. The lowest BCUT2D eigenvalue weighted by atomic mass is 10.2. The van der Waals surface area contributed by atoms with Crippen LogP contribution in [0.4, 0.5) is 0 Å². The summed E-state index contributed by atoms with van der Waals surface area (Å²) >= 11 is 11.5. The van der Waals surface area contributed by atoms with E-state index >= 15 is 0 Å². The first-order valence-electron chi connectivity index (χ1n) is 5.46. The van der Waals surface area contributed by atoms with Crippen LogP contribution >= 0.6 is 23.2 Å². The van der Waals surface area contributed by atoms with Gasteiger partial charge in [0.15, 0.2) is 20.1 Å². The van der Waals surface area contributed by atoms with Crippen molar-refractivity contribution in [2.45, 2.75) is 12.5 Å². The van der Waals surface area contributed by atoms with E-state index in [1.807, 2.05) is 0 Å². The van der Waals surface area contributed by atoms with Crippen LogP contribution in [0.25, 0.3) is 0 Å². The van der Waals surface area contributed by atoms with Crippen molar-refractivity contribution < 1.29 is 13.2 Å². The van der Waals surface area contributed by atoms with Crippen molar-refractivity contribution in [3.63, 3.8) is 0 Å². The Morgan fingerprint density at radius 3 is 2.68 bits per heavy atom. The second kappa shape index (κ2) is 5.22. The summed E-state index contributed by atoms with van der Waals surface area (Å²) in [4.78, 5) is 13.6. The van der Waals surface area contributed by atoms with Crippen LogP contribution in [0.3, 0.4) is 0 Å². The van der Waals surface area contributed by atoms with Gasteiger partial charge < -0.3 is 4.90 Å². The highest BCUT2D eigenvalue weighted by molar-refractivity contribution is 7.91. The van der Waals surface area contributed by atoms with Crippen molar-refractivity contribution in [3.05, 3.63) is 21.9 Å². The number of hydrogen-bond donors (Lipinski definition) is 0. The van der Waals surface area contributed by atoms with Gasteiger partial charge in [-0.05, 0) is 12.5 Å². The lowest BCUT2D eigenvalue weighted by Gasteiger charge is -2.23. The van der Waals surface area contributed by atoms with E-state index in [-0.39, 0.29) is 33.4 Å². The number of hydrogen-bond acceptors (Lipinski definition) is 5. The average molecular weight is 324 g/mol. The van der Waals surface area contributed by atoms with Gasteiger partial charge in [-0.1, -0.05) is 23.2 Å². The van der Waals surface area contributed by atoms with Crippen LogP contribution in [0.15, 0.2) is 6.07 Å². The third-order valence-corrected chi connectivity index (χ3v) is 5.24. The lowest BCUT2D eigenvalue weighted by Crippen LogP contribution is -2.38. The number of halogens is 2. The topological polar surface area (TPSA) is 80.2 Å². The molecule has 2 rings (SSSR count). The molecule has 1 fully saturated rings. The van der Waals surface area contributed by atoms with E-state index in [2.05, 4.69) is 10.2 Å². The molecule has 0 spiro atoms. The third-order valence-electron chi connectivity index (χ3n) is 3.03. The fourth-order valence-corrected chi connectivity index (χ4v) is 4.03. The van der Waals surface area contributed by atoms with Gasteiger partial charge >= 0.3 is 0 Å². The fraction of sp³-hybridized carbons (Fsp3) is 0.500. The Morgan fingerprint density at radius 1 is 1.42 bits per heavy atom. The van der Waals surface area contributed by atoms with E-state index in [1.165, 1.54) is 11.0 Å². The van der Waals surface area contributed by atoms with E-state index in [0.717, 1.165) is 0 Å². The molecule has 104 valence electrons. The van der Waals surface area contributed by atoms with Crippen LogP contribution in [-0.2, 0) is 9.84 Å². The number of carbonyl (C=O) groups excluding carboxylic acids is 1. The second-order valence-electron chi connectivity index (χ2n) is 4.34. The Hall–Kier alpha value is -0.920. The Labute approximate surface area is 120 Å². The molecule has 1 aromatic rings. The molecule has 0 saturated carbocycles. The van der Waals surface area contributed by atoms with E-state index in [4.69, 9.17) is 23.2 Å². The quantitative estimate of drug-likeness (QED) is 0.812. The molecule has 1 aliphatic heterocycles. The monoisotopic (exact) mass is 323 g/mol. The fourth-order valence-electron chi connectivity index (χ4n) is 1.94. The van der Waals surface area contributed by atoms with Gasteiger partial charge in [0, 0.05) is 13.1 Å². The molecule has 1 aliphatic rings. The summed E-state index contributed by atoms with van der Waals surface area (Å²) in [6, 6.07) is 0.972. The predicted octanol–water partition coefficient (Wildman–Crippen LogP) is 1.04. The Kier molecular flexibility index (Phi) is 3.98. The Bertz CT molecular complexity index is 620. The van der Waals surface area contributed by atoms with Crippen molar-refractivity contribution in [1.29, 1.82) is 0 Å². The standard InChI is InChI=1S/C10H11Cl2N3O3S/c1-15(6-2-3-19(17,18)5-6)10(16)7-4-8(11)13-14-9(7)12/h4,6H,2-3,5H2,1H3. The number of aromatic nitrogens is 2. The van der Waals surface area contributed by atoms with Crippen LogP contribution in [0.5, 0.6) is 0 Å². The first-order valence-corrected chi connectivity index (χ1v) is 8.04. The van der Waals surface area contributed by atoms with Crippen molar-refractivity contribution in [2.24, 2.45) is 0 Å². The maximum atomic E-state index is 12.2. The summed E-state index contributed by atoms with van der Waals surface area (Å²) in [5.41, 5.74) is 0.119. The number of sulfone groups is 1. The summed E-state index contributed by atoms with van der Waals surface area (Å²) in [7, 11) is -1.52. The van der Waals surface area contributed by atoms with Crippen LogP contribution < -0.4 is 0 Å². The van der Waals surface area contributed by atoms with Gasteiger partial charge in [0.25, 0.3) is 5.91 Å². The molecule has 0 N–H and O–H groups in total. The van der Waals surface area contributed by atoms with Gasteiger partial charge in [-0.15, -0.1) is 10.2 Å². The zero-order valence-corrected chi connectivity index (χ0v) is 12.3. The normalized spacial score (nSPS) is 21.3. The van der Waals surface area contributed by atoms with Gasteiger partial charge in [-0.25, -0.2) is 8.42 Å².